The van der Waals surface area contributed by atoms with Crippen molar-refractivity contribution >= 4 is 5.97 Å². The molecule has 0 spiro atoms. The number of esters is 1. The Bertz CT molecular complexity index is 245. The molecule has 0 radical (unpaired) electrons. The third-order valence-electron chi connectivity index (χ3n) is 3.45. The Morgan fingerprint density at radius 2 is 2.12 bits per heavy atom. The molecule has 17 heavy (non-hydrogen) atoms. The van der Waals surface area contributed by atoms with E-state index in [2.05, 4.69) is 32.6 Å². The lowest BCUT2D eigenvalue weighted by molar-refractivity contribution is -0.151. The van der Waals surface area contributed by atoms with Crippen molar-refractivity contribution in [2.75, 3.05) is 19.7 Å². The molecule has 0 N–H and O–H groups in total. The highest BCUT2D eigenvalue weighted by Gasteiger charge is 2.31. The van der Waals surface area contributed by atoms with E-state index in [0.29, 0.717) is 6.61 Å². The van der Waals surface area contributed by atoms with E-state index in [0.717, 1.165) is 38.8 Å². The first-order valence-electron chi connectivity index (χ1n) is 6.87. The molecular weight excluding hydrogens is 214 g/mol. The topological polar surface area (TPSA) is 29.5 Å². The third kappa shape index (κ3) is 4.66. The summed E-state index contributed by atoms with van der Waals surface area (Å²) in [4.78, 5) is 14.3. The fraction of sp³-hybridized carbons (Fsp3) is 0.929. The molecule has 1 heterocycles. The zero-order valence-electron chi connectivity index (χ0n) is 11.8. The van der Waals surface area contributed by atoms with Crippen LogP contribution in [-0.2, 0) is 9.53 Å². The van der Waals surface area contributed by atoms with Gasteiger partial charge >= 0.3 is 5.97 Å². The van der Waals surface area contributed by atoms with Gasteiger partial charge in [0, 0.05) is 12.1 Å². The van der Waals surface area contributed by atoms with Gasteiger partial charge in [0.25, 0.3) is 0 Å². The molecule has 0 aromatic heterocycles. The Morgan fingerprint density at radius 3 is 2.71 bits per heavy atom. The minimum Gasteiger partial charge on any atom is -0.465 e. The summed E-state index contributed by atoms with van der Waals surface area (Å²) in [6.07, 6.45) is 4.13. The summed E-state index contributed by atoms with van der Waals surface area (Å²) in [6, 6.07) is 0. The van der Waals surface area contributed by atoms with Crippen molar-refractivity contribution in [2.24, 2.45) is 5.92 Å². The van der Waals surface area contributed by atoms with Crippen molar-refractivity contribution in [1.29, 1.82) is 0 Å². The summed E-state index contributed by atoms with van der Waals surface area (Å²) in [5, 5.41) is 0. The highest BCUT2D eigenvalue weighted by atomic mass is 16.5. The van der Waals surface area contributed by atoms with Crippen molar-refractivity contribution in [2.45, 2.75) is 58.9 Å². The standard InChI is InChI=1S/C14H27NO2/c1-5-6-10-17-13(16)12-8-7-9-15(11-12)14(2,3)4/h12H,5-11H2,1-4H3. The van der Waals surface area contributed by atoms with Crippen LogP contribution >= 0.6 is 0 Å². The number of nitrogens with zero attached hydrogens (tertiary/aromatic N) is 1. The molecule has 0 amide bonds. The van der Waals surface area contributed by atoms with E-state index in [-0.39, 0.29) is 17.4 Å². The lowest BCUT2D eigenvalue weighted by Crippen LogP contribution is -2.49. The van der Waals surface area contributed by atoms with Gasteiger partial charge in [-0.05, 0) is 46.6 Å². The second kappa shape index (κ2) is 6.39. The van der Waals surface area contributed by atoms with Crippen LogP contribution in [0, 0.1) is 5.92 Å². The molecule has 0 aromatic rings. The molecule has 1 fully saturated rings. The van der Waals surface area contributed by atoms with Crippen LogP contribution in [0.1, 0.15) is 53.4 Å². The Kier molecular flexibility index (Phi) is 5.44. The van der Waals surface area contributed by atoms with Crippen molar-refractivity contribution in [1.82, 2.24) is 4.90 Å². The molecule has 3 heteroatoms. The number of unbranched alkanes of at least 4 members (excludes halogenated alkanes) is 1. The van der Waals surface area contributed by atoms with Crippen LogP contribution < -0.4 is 0 Å². The fourth-order valence-corrected chi connectivity index (χ4v) is 2.21. The smallest absolute Gasteiger partial charge is 0.310 e. The molecule has 3 nitrogen and oxygen atoms in total. The first-order chi connectivity index (χ1) is 7.95. The number of hydrogen-bond acceptors (Lipinski definition) is 3. The summed E-state index contributed by atoms with van der Waals surface area (Å²) >= 11 is 0. The largest absolute Gasteiger partial charge is 0.465 e. The van der Waals surface area contributed by atoms with Crippen LogP contribution in [0.2, 0.25) is 0 Å². The van der Waals surface area contributed by atoms with Gasteiger partial charge < -0.3 is 4.74 Å². The van der Waals surface area contributed by atoms with Gasteiger partial charge in [0.15, 0.2) is 0 Å². The van der Waals surface area contributed by atoms with Gasteiger partial charge in [-0.25, -0.2) is 0 Å². The maximum Gasteiger partial charge on any atom is 0.310 e. The van der Waals surface area contributed by atoms with E-state index < -0.39 is 0 Å². The van der Waals surface area contributed by atoms with Crippen molar-refractivity contribution in [3.63, 3.8) is 0 Å². The molecule has 1 aliphatic rings. The molecule has 1 rings (SSSR count). The number of piperidine rings is 1. The molecule has 0 aliphatic carbocycles. The predicted octanol–water partition coefficient (Wildman–Crippen LogP) is 2.84. The van der Waals surface area contributed by atoms with E-state index in [1.165, 1.54) is 0 Å². The maximum atomic E-state index is 11.9. The van der Waals surface area contributed by atoms with Gasteiger partial charge in [-0.15, -0.1) is 0 Å². The van der Waals surface area contributed by atoms with E-state index in [9.17, 15) is 4.79 Å². The molecule has 0 aromatic carbocycles. The predicted molar refractivity (Wildman–Crippen MR) is 69.9 cm³/mol. The van der Waals surface area contributed by atoms with E-state index in [1.807, 2.05) is 0 Å². The van der Waals surface area contributed by atoms with Crippen LogP contribution in [0.3, 0.4) is 0 Å². The molecule has 0 bridgehead atoms. The Balaban J connectivity index is 2.41. The number of carbonyl (C=O) groups excluding carboxylic acids is 1. The molecule has 1 atom stereocenters. The summed E-state index contributed by atoms with van der Waals surface area (Å²) in [7, 11) is 0. The van der Waals surface area contributed by atoms with Gasteiger partial charge in [0.2, 0.25) is 0 Å². The van der Waals surface area contributed by atoms with E-state index in [1.54, 1.807) is 0 Å². The lowest BCUT2D eigenvalue weighted by atomic mass is 9.93. The second-order valence-corrected chi connectivity index (χ2v) is 5.98. The Hall–Kier alpha value is -0.570. The molecule has 1 aliphatic heterocycles. The molecular formula is C14H27NO2. The van der Waals surface area contributed by atoms with Gasteiger partial charge in [0.1, 0.15) is 0 Å². The minimum atomic E-state index is 0.00685. The monoisotopic (exact) mass is 241 g/mol. The Labute approximate surface area is 106 Å². The minimum absolute atomic E-state index is 0.00685. The molecule has 0 saturated carbocycles. The number of carbonyl (C=O) groups is 1. The summed E-state index contributed by atoms with van der Waals surface area (Å²) in [5.74, 6) is 0.0900. The highest BCUT2D eigenvalue weighted by molar-refractivity contribution is 5.72. The number of likely N-dealkylation sites (tertiary alicyclic amines) is 1. The van der Waals surface area contributed by atoms with Gasteiger partial charge in [-0.2, -0.15) is 0 Å². The first-order valence-corrected chi connectivity index (χ1v) is 6.87. The van der Waals surface area contributed by atoms with Crippen LogP contribution in [0.5, 0.6) is 0 Å². The zero-order chi connectivity index (χ0) is 12.9. The normalized spacial score (nSPS) is 22.5. The van der Waals surface area contributed by atoms with Gasteiger partial charge in [0.05, 0.1) is 12.5 Å². The van der Waals surface area contributed by atoms with E-state index in [4.69, 9.17) is 4.74 Å². The quantitative estimate of drug-likeness (QED) is 0.560. The van der Waals surface area contributed by atoms with Crippen molar-refractivity contribution < 1.29 is 9.53 Å². The summed E-state index contributed by atoms with van der Waals surface area (Å²) in [6.45, 7) is 11.3. The number of ether oxygens (including phenoxy) is 1. The first kappa shape index (κ1) is 14.5. The molecule has 100 valence electrons. The average molecular weight is 241 g/mol. The SMILES string of the molecule is CCCCOC(=O)C1CCCN(C(C)(C)C)C1. The lowest BCUT2D eigenvalue weighted by Gasteiger charge is -2.40. The van der Waals surface area contributed by atoms with Gasteiger partial charge in [-0.1, -0.05) is 13.3 Å². The van der Waals surface area contributed by atoms with Crippen molar-refractivity contribution in [3.8, 4) is 0 Å². The second-order valence-electron chi connectivity index (χ2n) is 5.98. The molecule has 1 unspecified atom stereocenters. The highest BCUT2D eigenvalue weighted by Crippen LogP contribution is 2.24. The van der Waals surface area contributed by atoms with Crippen LogP contribution in [-0.4, -0.2) is 36.1 Å². The number of hydrogen-bond donors (Lipinski definition) is 0. The average Bonchev–Trinajstić information content (AvgIpc) is 2.28. The Morgan fingerprint density at radius 1 is 1.41 bits per heavy atom. The van der Waals surface area contributed by atoms with Crippen molar-refractivity contribution in [3.05, 3.63) is 0 Å². The van der Waals surface area contributed by atoms with E-state index >= 15 is 0 Å². The fourth-order valence-electron chi connectivity index (χ4n) is 2.21. The third-order valence-corrected chi connectivity index (χ3v) is 3.45. The summed E-state index contributed by atoms with van der Waals surface area (Å²) in [5.41, 5.74) is 0.155. The van der Waals surface area contributed by atoms with Crippen LogP contribution in [0.4, 0.5) is 0 Å². The maximum absolute atomic E-state index is 11.9. The molecule has 1 saturated heterocycles. The van der Waals surface area contributed by atoms with Crippen LogP contribution in [0.15, 0.2) is 0 Å². The van der Waals surface area contributed by atoms with Crippen LogP contribution in [0.25, 0.3) is 0 Å². The number of rotatable bonds is 4. The van der Waals surface area contributed by atoms with Gasteiger partial charge in [-0.3, -0.25) is 9.69 Å². The summed E-state index contributed by atoms with van der Waals surface area (Å²) < 4.78 is 5.32. The zero-order valence-corrected chi connectivity index (χ0v) is 11.8.